The molecule has 0 saturated carbocycles. The normalized spacial score (nSPS) is 15.2. The Morgan fingerprint density at radius 1 is 0.720 bits per heavy atom. The summed E-state index contributed by atoms with van der Waals surface area (Å²) in [6.07, 6.45) is 0.764. The van der Waals surface area contributed by atoms with Crippen LogP contribution in [0.4, 0.5) is 0 Å². The number of benzene rings is 1. The van der Waals surface area contributed by atoms with Gasteiger partial charge < -0.3 is 0 Å². The van der Waals surface area contributed by atoms with Crippen LogP contribution in [0.2, 0.25) is 0 Å². The van der Waals surface area contributed by atoms with Gasteiger partial charge in [-0.15, -0.1) is 0 Å². The minimum atomic E-state index is -0.625. The highest BCUT2D eigenvalue weighted by Gasteiger charge is 2.33. The van der Waals surface area contributed by atoms with Gasteiger partial charge in [0.25, 0.3) is 0 Å². The van der Waals surface area contributed by atoms with E-state index in [1.165, 1.54) is 0 Å². The van der Waals surface area contributed by atoms with Gasteiger partial charge in [-0.2, -0.15) is 0 Å². The molecule has 0 spiro atoms. The Morgan fingerprint density at radius 2 is 1.12 bits per heavy atom. The molecule has 0 aliphatic heterocycles. The van der Waals surface area contributed by atoms with Crippen LogP contribution in [0.3, 0.4) is 0 Å². The molecule has 0 saturated heterocycles. The maximum atomic E-state index is 9.10. The van der Waals surface area contributed by atoms with Gasteiger partial charge in [0.15, 0.2) is 0 Å². The van der Waals surface area contributed by atoms with Crippen LogP contribution in [0.1, 0.15) is 81.2 Å². The maximum absolute atomic E-state index is 9.10. The summed E-state index contributed by atoms with van der Waals surface area (Å²) in [7, 11) is 0. The lowest BCUT2D eigenvalue weighted by atomic mass is 9.79. The fourth-order valence-electron chi connectivity index (χ4n) is 2.24. The Morgan fingerprint density at radius 3 is 1.40 bits per heavy atom. The average molecular weight is 355 g/mol. The summed E-state index contributed by atoms with van der Waals surface area (Å²) in [4.78, 5) is 14.9. The van der Waals surface area contributed by atoms with Crippen molar-refractivity contribution in [3.63, 3.8) is 0 Å². The zero-order valence-corrected chi connectivity index (χ0v) is 17.8. The van der Waals surface area contributed by atoms with E-state index in [-0.39, 0.29) is 16.6 Å². The van der Waals surface area contributed by atoms with E-state index in [2.05, 4.69) is 20.8 Å². The SMILES string of the molecule is CC(C)(C)CC(C)(OO)c1ccccc1.CC(C)(C)OOC(C)(C)C. The first-order valence-corrected chi connectivity index (χ1v) is 8.83. The molecular weight excluding hydrogens is 316 g/mol. The van der Waals surface area contributed by atoms with Crippen molar-refractivity contribution in [2.75, 3.05) is 0 Å². The van der Waals surface area contributed by atoms with E-state index in [0.29, 0.717) is 0 Å². The summed E-state index contributed by atoms with van der Waals surface area (Å²) in [6.45, 7) is 20.0. The second-order valence-corrected chi connectivity index (χ2v) is 9.82. The molecule has 4 heteroatoms. The number of rotatable bonds is 4. The highest BCUT2D eigenvalue weighted by molar-refractivity contribution is 5.21. The summed E-state index contributed by atoms with van der Waals surface area (Å²) in [5.74, 6) is 0. The third-order valence-corrected chi connectivity index (χ3v) is 3.00. The van der Waals surface area contributed by atoms with Crippen LogP contribution < -0.4 is 0 Å². The van der Waals surface area contributed by atoms with E-state index in [9.17, 15) is 0 Å². The molecule has 0 aromatic heterocycles. The molecule has 4 nitrogen and oxygen atoms in total. The molecule has 0 radical (unpaired) electrons. The lowest BCUT2D eigenvalue weighted by molar-refractivity contribution is -0.393. The van der Waals surface area contributed by atoms with Crippen molar-refractivity contribution >= 4 is 0 Å². The second kappa shape index (κ2) is 9.13. The molecule has 0 aliphatic carbocycles. The lowest BCUT2D eigenvalue weighted by Gasteiger charge is -2.33. The van der Waals surface area contributed by atoms with Crippen molar-refractivity contribution in [1.29, 1.82) is 0 Å². The summed E-state index contributed by atoms with van der Waals surface area (Å²) < 4.78 is 0. The largest absolute Gasteiger partial charge is 0.251 e. The van der Waals surface area contributed by atoms with E-state index >= 15 is 0 Å². The Bertz CT molecular complexity index is 463. The smallest absolute Gasteiger partial charge is 0.126 e. The van der Waals surface area contributed by atoms with E-state index in [1.807, 2.05) is 78.8 Å². The molecule has 1 atom stereocenters. The highest BCUT2D eigenvalue weighted by atomic mass is 17.2. The quantitative estimate of drug-likeness (QED) is 0.505. The van der Waals surface area contributed by atoms with E-state index in [0.717, 1.165) is 12.0 Å². The zero-order valence-electron chi connectivity index (χ0n) is 17.8. The molecule has 1 aromatic rings. The molecule has 0 amide bonds. The predicted molar refractivity (Wildman–Crippen MR) is 103 cm³/mol. The molecule has 146 valence electrons. The molecule has 25 heavy (non-hydrogen) atoms. The number of hydrogen-bond donors (Lipinski definition) is 1. The Balaban J connectivity index is 0.000000504. The van der Waals surface area contributed by atoms with Gasteiger partial charge in [-0.3, -0.25) is 5.26 Å². The maximum Gasteiger partial charge on any atom is 0.126 e. The van der Waals surface area contributed by atoms with Crippen LogP contribution in [0.5, 0.6) is 0 Å². The molecule has 1 rings (SSSR count). The van der Waals surface area contributed by atoms with Gasteiger partial charge in [0, 0.05) is 0 Å². The van der Waals surface area contributed by atoms with Gasteiger partial charge in [-0.1, -0.05) is 51.1 Å². The molecular formula is C21H38O4. The van der Waals surface area contributed by atoms with Crippen molar-refractivity contribution in [3.05, 3.63) is 35.9 Å². The summed E-state index contributed by atoms with van der Waals surface area (Å²) in [5.41, 5.74) is 0.0512. The monoisotopic (exact) mass is 354 g/mol. The van der Waals surface area contributed by atoms with Gasteiger partial charge in [0.05, 0.1) is 11.2 Å². The van der Waals surface area contributed by atoms with Crippen molar-refractivity contribution in [2.45, 2.75) is 92.5 Å². The Hall–Kier alpha value is -0.940. The average Bonchev–Trinajstić information content (AvgIpc) is 2.44. The third kappa shape index (κ3) is 12.1. The molecule has 0 fully saturated rings. The minimum absolute atomic E-state index is 0.104. The first kappa shape index (κ1) is 24.1. The van der Waals surface area contributed by atoms with Gasteiger partial charge >= 0.3 is 0 Å². The topological polar surface area (TPSA) is 47.9 Å². The summed E-state index contributed by atoms with van der Waals surface area (Å²) >= 11 is 0. The minimum Gasteiger partial charge on any atom is -0.251 e. The Kier molecular flexibility index (Phi) is 8.79. The van der Waals surface area contributed by atoms with Crippen molar-refractivity contribution in [3.8, 4) is 0 Å². The molecule has 1 aromatic carbocycles. The predicted octanol–water partition coefficient (Wildman–Crippen LogP) is 6.36. The molecule has 0 aliphatic rings. The molecule has 1 N–H and O–H groups in total. The van der Waals surface area contributed by atoms with E-state index < -0.39 is 5.60 Å². The lowest BCUT2D eigenvalue weighted by Crippen LogP contribution is -2.30. The molecule has 0 heterocycles. The van der Waals surface area contributed by atoms with Crippen LogP contribution in [0, 0.1) is 5.41 Å². The first-order valence-electron chi connectivity index (χ1n) is 8.83. The van der Waals surface area contributed by atoms with Crippen LogP contribution in [0.25, 0.3) is 0 Å². The number of hydrogen-bond acceptors (Lipinski definition) is 4. The van der Waals surface area contributed by atoms with Crippen LogP contribution in [-0.4, -0.2) is 16.5 Å². The van der Waals surface area contributed by atoms with Gasteiger partial charge in [0.2, 0.25) is 0 Å². The molecule has 0 bridgehead atoms. The second-order valence-electron chi connectivity index (χ2n) is 9.82. The Labute approximate surface area is 154 Å². The first-order chi connectivity index (χ1) is 11.1. The van der Waals surface area contributed by atoms with Crippen LogP contribution in [0.15, 0.2) is 30.3 Å². The highest BCUT2D eigenvalue weighted by Crippen LogP contribution is 2.36. The molecule has 1 unspecified atom stereocenters. The van der Waals surface area contributed by atoms with Crippen molar-refractivity contribution in [1.82, 2.24) is 0 Å². The van der Waals surface area contributed by atoms with Crippen molar-refractivity contribution in [2.24, 2.45) is 5.41 Å². The van der Waals surface area contributed by atoms with Gasteiger partial charge in [-0.25, -0.2) is 14.7 Å². The standard InChI is InChI=1S/C13H20O2.C8H18O2/c1-12(2,3)10-13(4,15-14)11-8-6-5-7-9-11;1-7(2,3)9-10-8(4,5)6/h5-9,14H,10H2,1-4H3;1-6H3. The zero-order chi connectivity index (χ0) is 19.9. The summed E-state index contributed by atoms with van der Waals surface area (Å²) in [5, 5.41) is 9.10. The van der Waals surface area contributed by atoms with Crippen molar-refractivity contribution < 1.29 is 19.9 Å². The fraction of sp³-hybridized carbons (Fsp3) is 0.714. The summed E-state index contributed by atoms with van der Waals surface area (Å²) in [6, 6.07) is 9.81. The van der Waals surface area contributed by atoms with E-state index in [4.69, 9.17) is 19.9 Å². The van der Waals surface area contributed by atoms with Gasteiger partial charge in [0.1, 0.15) is 5.60 Å². The fourth-order valence-corrected chi connectivity index (χ4v) is 2.24. The van der Waals surface area contributed by atoms with Gasteiger partial charge in [-0.05, 0) is 65.9 Å². The van der Waals surface area contributed by atoms with Crippen LogP contribution in [-0.2, 0) is 20.3 Å². The third-order valence-electron chi connectivity index (χ3n) is 3.00. The van der Waals surface area contributed by atoms with E-state index in [1.54, 1.807) is 0 Å². The van der Waals surface area contributed by atoms with Crippen LogP contribution >= 0.6 is 0 Å².